The van der Waals surface area contributed by atoms with Gasteiger partial charge in [-0.05, 0) is 25.1 Å². The highest BCUT2D eigenvalue weighted by atomic mass is 16.5. The quantitative estimate of drug-likeness (QED) is 0.582. The van der Waals surface area contributed by atoms with Gasteiger partial charge < -0.3 is 23.9 Å². The smallest absolute Gasteiger partial charge is 0.341 e. The van der Waals surface area contributed by atoms with Crippen LogP contribution in [0.15, 0.2) is 34.7 Å². The van der Waals surface area contributed by atoms with E-state index in [1.807, 2.05) is 0 Å². The molecule has 7 nitrogen and oxygen atoms in total. The molecule has 25 heavy (non-hydrogen) atoms. The number of aryl methyl sites for hydroxylation is 1. The summed E-state index contributed by atoms with van der Waals surface area (Å²) in [6, 6.07) is 8.49. The number of hydrogen-bond donors (Lipinski definition) is 1. The first kappa shape index (κ1) is 18.5. The lowest BCUT2D eigenvalue weighted by Gasteiger charge is -2.11. The van der Waals surface area contributed by atoms with Crippen molar-refractivity contribution in [3.05, 3.63) is 53.0 Å². The molecule has 0 saturated heterocycles. The van der Waals surface area contributed by atoms with E-state index in [1.165, 1.54) is 7.11 Å². The highest BCUT2D eigenvalue weighted by molar-refractivity contribution is 5.96. The van der Waals surface area contributed by atoms with E-state index < -0.39 is 5.97 Å². The molecule has 0 atom stereocenters. The average Bonchev–Trinajstić information content (AvgIpc) is 3.00. The molecular formula is C18H21NO6. The zero-order valence-electron chi connectivity index (χ0n) is 14.5. The maximum Gasteiger partial charge on any atom is 0.341 e. The van der Waals surface area contributed by atoms with Crippen LogP contribution in [0.5, 0.6) is 5.75 Å². The number of nitrogens with one attached hydrogen (secondary N) is 1. The average molecular weight is 347 g/mol. The molecule has 0 bridgehead atoms. The first-order valence-electron chi connectivity index (χ1n) is 7.73. The van der Waals surface area contributed by atoms with Gasteiger partial charge in [0.05, 0.1) is 25.8 Å². The number of amides is 1. The fraction of sp³-hybridized carbons (Fsp3) is 0.333. The molecule has 7 heteroatoms. The summed E-state index contributed by atoms with van der Waals surface area (Å²) in [4.78, 5) is 24.0. The second-order valence-corrected chi connectivity index (χ2v) is 5.19. The topological polar surface area (TPSA) is 87.0 Å². The number of para-hydroxylation sites is 1. The third-order valence-electron chi connectivity index (χ3n) is 3.47. The number of benzene rings is 1. The molecule has 1 aromatic heterocycles. The molecule has 1 aromatic carbocycles. The fourth-order valence-electron chi connectivity index (χ4n) is 2.22. The van der Waals surface area contributed by atoms with Gasteiger partial charge in [-0.3, -0.25) is 4.79 Å². The van der Waals surface area contributed by atoms with Crippen molar-refractivity contribution in [1.82, 2.24) is 5.32 Å². The molecule has 0 fully saturated rings. The molecule has 134 valence electrons. The minimum absolute atomic E-state index is 0.142. The van der Waals surface area contributed by atoms with Crippen molar-refractivity contribution in [3.8, 4) is 5.75 Å². The first-order valence-corrected chi connectivity index (χ1v) is 7.73. The number of esters is 1. The third-order valence-corrected chi connectivity index (χ3v) is 3.47. The number of ether oxygens (including phenoxy) is 3. The van der Waals surface area contributed by atoms with E-state index in [0.29, 0.717) is 41.6 Å². The Morgan fingerprint density at radius 1 is 1.12 bits per heavy atom. The van der Waals surface area contributed by atoms with Crippen LogP contribution in [0.3, 0.4) is 0 Å². The normalized spacial score (nSPS) is 10.4. The van der Waals surface area contributed by atoms with E-state index in [-0.39, 0.29) is 12.5 Å². The van der Waals surface area contributed by atoms with E-state index in [4.69, 9.17) is 13.9 Å². The molecule has 0 aliphatic carbocycles. The van der Waals surface area contributed by atoms with Gasteiger partial charge in [0.2, 0.25) is 0 Å². The van der Waals surface area contributed by atoms with Gasteiger partial charge in [-0.1, -0.05) is 12.1 Å². The number of furan rings is 1. The van der Waals surface area contributed by atoms with E-state index in [2.05, 4.69) is 10.1 Å². The highest BCUT2D eigenvalue weighted by Gasteiger charge is 2.17. The maximum atomic E-state index is 12.4. The number of rotatable bonds is 8. The molecular weight excluding hydrogens is 326 g/mol. The van der Waals surface area contributed by atoms with Gasteiger partial charge in [0.25, 0.3) is 5.91 Å². The van der Waals surface area contributed by atoms with Crippen molar-refractivity contribution >= 4 is 11.9 Å². The van der Waals surface area contributed by atoms with Gasteiger partial charge >= 0.3 is 5.97 Å². The Bertz CT molecular complexity index is 737. The van der Waals surface area contributed by atoms with Gasteiger partial charge in [-0.15, -0.1) is 0 Å². The van der Waals surface area contributed by atoms with Crippen molar-refractivity contribution in [1.29, 1.82) is 0 Å². The predicted octanol–water partition coefficient (Wildman–Crippen LogP) is 2.33. The Morgan fingerprint density at radius 3 is 2.60 bits per heavy atom. The van der Waals surface area contributed by atoms with Crippen LogP contribution in [0, 0.1) is 6.92 Å². The third kappa shape index (κ3) is 4.84. The SMILES string of the molecule is COCCOc1ccccc1C(=O)NCc1cc(C(=O)OC)c(C)o1. The van der Waals surface area contributed by atoms with Gasteiger partial charge in [0.15, 0.2) is 0 Å². The van der Waals surface area contributed by atoms with Gasteiger partial charge in [-0.2, -0.15) is 0 Å². The molecule has 0 aliphatic heterocycles. The fourth-order valence-corrected chi connectivity index (χ4v) is 2.22. The van der Waals surface area contributed by atoms with Gasteiger partial charge in [0.1, 0.15) is 29.4 Å². The van der Waals surface area contributed by atoms with E-state index in [0.717, 1.165) is 0 Å². The molecule has 1 heterocycles. The summed E-state index contributed by atoms with van der Waals surface area (Å²) in [6.45, 7) is 2.58. The second-order valence-electron chi connectivity index (χ2n) is 5.19. The van der Waals surface area contributed by atoms with Crippen LogP contribution in [0.4, 0.5) is 0 Å². The summed E-state index contributed by atoms with van der Waals surface area (Å²) in [7, 11) is 2.88. The predicted molar refractivity (Wildman–Crippen MR) is 89.8 cm³/mol. The maximum absolute atomic E-state index is 12.4. The number of methoxy groups -OCH3 is 2. The van der Waals surface area contributed by atoms with Crippen molar-refractivity contribution in [3.63, 3.8) is 0 Å². The monoisotopic (exact) mass is 347 g/mol. The van der Waals surface area contributed by atoms with Gasteiger partial charge in [-0.25, -0.2) is 4.79 Å². The summed E-state index contributed by atoms with van der Waals surface area (Å²) in [5, 5.41) is 2.75. The zero-order valence-corrected chi connectivity index (χ0v) is 14.5. The highest BCUT2D eigenvalue weighted by Crippen LogP contribution is 2.19. The summed E-state index contributed by atoms with van der Waals surface area (Å²) in [5.41, 5.74) is 0.755. The van der Waals surface area contributed by atoms with Crippen LogP contribution >= 0.6 is 0 Å². The van der Waals surface area contributed by atoms with Crippen LogP contribution < -0.4 is 10.1 Å². The van der Waals surface area contributed by atoms with Crippen LogP contribution in [0.1, 0.15) is 32.2 Å². The molecule has 0 saturated carbocycles. The summed E-state index contributed by atoms with van der Waals surface area (Å²) in [6.07, 6.45) is 0. The minimum atomic E-state index is -0.476. The van der Waals surface area contributed by atoms with Crippen LogP contribution in [0.2, 0.25) is 0 Å². The van der Waals surface area contributed by atoms with E-state index in [9.17, 15) is 9.59 Å². The molecule has 0 unspecified atom stereocenters. The summed E-state index contributed by atoms with van der Waals surface area (Å²) in [5.74, 6) is 0.601. The summed E-state index contributed by atoms with van der Waals surface area (Å²) < 4.78 is 20.6. The lowest BCUT2D eigenvalue weighted by molar-refractivity contribution is 0.0598. The molecule has 2 aromatic rings. The van der Waals surface area contributed by atoms with E-state index >= 15 is 0 Å². The molecule has 2 rings (SSSR count). The Kier molecular flexibility index (Phi) is 6.59. The van der Waals surface area contributed by atoms with E-state index in [1.54, 1.807) is 44.4 Å². The number of carbonyl (C=O) groups excluding carboxylic acids is 2. The van der Waals surface area contributed by atoms with Crippen molar-refractivity contribution < 1.29 is 28.2 Å². The number of hydrogen-bond acceptors (Lipinski definition) is 6. The Balaban J connectivity index is 2.02. The van der Waals surface area contributed by atoms with Crippen molar-refractivity contribution in [2.24, 2.45) is 0 Å². The zero-order chi connectivity index (χ0) is 18.2. The van der Waals surface area contributed by atoms with Crippen molar-refractivity contribution in [2.75, 3.05) is 27.4 Å². The molecule has 1 N–H and O–H groups in total. The largest absolute Gasteiger partial charge is 0.490 e. The molecule has 0 aliphatic rings. The van der Waals surface area contributed by atoms with Crippen LogP contribution in [-0.4, -0.2) is 39.3 Å². The lowest BCUT2D eigenvalue weighted by Crippen LogP contribution is -2.23. The molecule has 1 amide bonds. The Morgan fingerprint density at radius 2 is 1.88 bits per heavy atom. The molecule has 0 spiro atoms. The Hall–Kier alpha value is -2.80. The Labute approximate surface area is 145 Å². The number of carbonyl (C=O) groups is 2. The van der Waals surface area contributed by atoms with Gasteiger partial charge in [0, 0.05) is 7.11 Å². The lowest BCUT2D eigenvalue weighted by atomic mass is 10.2. The first-order chi connectivity index (χ1) is 12.1. The second kappa shape index (κ2) is 8.89. The van der Waals surface area contributed by atoms with Crippen molar-refractivity contribution in [2.45, 2.75) is 13.5 Å². The summed E-state index contributed by atoms with van der Waals surface area (Å²) >= 11 is 0. The molecule has 0 radical (unpaired) electrons. The minimum Gasteiger partial charge on any atom is -0.490 e. The standard InChI is InChI=1S/C18H21NO6/c1-12-15(18(21)23-3)10-13(25-12)11-19-17(20)14-6-4-5-7-16(14)24-9-8-22-2/h4-7,10H,8-9,11H2,1-3H3,(H,19,20). The van der Waals surface area contributed by atoms with Crippen LogP contribution in [-0.2, 0) is 16.0 Å². The van der Waals surface area contributed by atoms with Crippen LogP contribution in [0.25, 0.3) is 0 Å².